The lowest BCUT2D eigenvalue weighted by molar-refractivity contribution is -0.142. The number of hydrogen-bond acceptors (Lipinski definition) is 2. The van der Waals surface area contributed by atoms with Gasteiger partial charge in [-0.2, -0.15) is 0 Å². The van der Waals surface area contributed by atoms with Crippen molar-refractivity contribution in [3.63, 3.8) is 0 Å². The predicted molar refractivity (Wildman–Crippen MR) is 67.2 cm³/mol. The molecule has 1 aliphatic heterocycles. The van der Waals surface area contributed by atoms with Gasteiger partial charge in [-0.3, -0.25) is 4.79 Å². The number of nitrogens with zero attached hydrogens (tertiary/aromatic N) is 1. The van der Waals surface area contributed by atoms with E-state index in [0.29, 0.717) is 19.6 Å². The van der Waals surface area contributed by atoms with E-state index in [9.17, 15) is 9.59 Å². The summed E-state index contributed by atoms with van der Waals surface area (Å²) in [5, 5.41) is 11.9. The van der Waals surface area contributed by atoms with Crippen molar-refractivity contribution in [3.8, 4) is 0 Å². The third-order valence-electron chi connectivity index (χ3n) is 3.98. The normalized spacial score (nSPS) is 27.3. The van der Waals surface area contributed by atoms with Crippen molar-refractivity contribution < 1.29 is 14.7 Å². The second-order valence-corrected chi connectivity index (χ2v) is 5.64. The number of nitrogens with one attached hydrogen (secondary N) is 1. The number of carbonyl (C=O) groups excluding carboxylic acids is 1. The average molecular weight is 254 g/mol. The van der Waals surface area contributed by atoms with Crippen LogP contribution in [0.25, 0.3) is 0 Å². The summed E-state index contributed by atoms with van der Waals surface area (Å²) in [7, 11) is 0. The molecule has 0 aromatic heterocycles. The lowest BCUT2D eigenvalue weighted by Gasteiger charge is -2.16. The maximum Gasteiger partial charge on any atom is 0.317 e. The van der Waals surface area contributed by atoms with E-state index in [1.54, 1.807) is 4.90 Å². The Morgan fingerprint density at radius 2 is 2.06 bits per heavy atom. The highest BCUT2D eigenvalue weighted by Crippen LogP contribution is 2.33. The van der Waals surface area contributed by atoms with Crippen molar-refractivity contribution >= 4 is 12.0 Å². The molecule has 5 nitrogen and oxygen atoms in total. The first kappa shape index (κ1) is 13.2. The lowest BCUT2D eigenvalue weighted by Crippen LogP contribution is -2.39. The van der Waals surface area contributed by atoms with E-state index >= 15 is 0 Å². The highest BCUT2D eigenvalue weighted by atomic mass is 16.4. The van der Waals surface area contributed by atoms with Crippen molar-refractivity contribution in [2.75, 3.05) is 19.6 Å². The molecule has 2 N–H and O–H groups in total. The molecule has 0 radical (unpaired) electrons. The molecular formula is C13H22N2O3. The zero-order valence-electron chi connectivity index (χ0n) is 10.9. The third kappa shape index (κ3) is 3.37. The van der Waals surface area contributed by atoms with Gasteiger partial charge in [0, 0.05) is 19.6 Å². The number of hydrogen-bond donors (Lipinski definition) is 2. The Morgan fingerprint density at radius 3 is 2.61 bits per heavy atom. The summed E-state index contributed by atoms with van der Waals surface area (Å²) in [6.45, 7) is 3.48. The predicted octanol–water partition coefficient (Wildman–Crippen LogP) is 1.54. The van der Waals surface area contributed by atoms with Gasteiger partial charge in [0.15, 0.2) is 0 Å². The molecule has 2 rings (SSSR count). The van der Waals surface area contributed by atoms with Crippen LogP contribution in [0.4, 0.5) is 4.79 Å². The number of aliphatic carboxylic acids is 1. The van der Waals surface area contributed by atoms with Gasteiger partial charge in [-0.05, 0) is 24.7 Å². The van der Waals surface area contributed by atoms with Crippen LogP contribution in [0.3, 0.4) is 0 Å². The van der Waals surface area contributed by atoms with Gasteiger partial charge in [-0.1, -0.05) is 19.8 Å². The summed E-state index contributed by atoms with van der Waals surface area (Å²) in [6.07, 6.45) is 4.92. The highest BCUT2D eigenvalue weighted by molar-refractivity contribution is 5.77. The van der Waals surface area contributed by atoms with E-state index in [0.717, 1.165) is 12.3 Å². The fraction of sp³-hybridized carbons (Fsp3) is 0.846. The van der Waals surface area contributed by atoms with Crippen molar-refractivity contribution in [2.24, 2.45) is 17.8 Å². The molecular weight excluding hydrogens is 232 g/mol. The molecule has 0 spiro atoms. The van der Waals surface area contributed by atoms with Crippen molar-refractivity contribution in [1.29, 1.82) is 0 Å². The Morgan fingerprint density at radius 1 is 1.33 bits per heavy atom. The van der Waals surface area contributed by atoms with Crippen LogP contribution in [0.15, 0.2) is 0 Å². The molecule has 1 heterocycles. The van der Waals surface area contributed by atoms with Gasteiger partial charge in [0.25, 0.3) is 0 Å². The molecule has 2 atom stereocenters. The smallest absolute Gasteiger partial charge is 0.317 e. The summed E-state index contributed by atoms with van der Waals surface area (Å²) >= 11 is 0. The van der Waals surface area contributed by atoms with Crippen LogP contribution in [0.5, 0.6) is 0 Å². The van der Waals surface area contributed by atoms with Gasteiger partial charge in [-0.15, -0.1) is 0 Å². The summed E-state index contributed by atoms with van der Waals surface area (Å²) in [5.41, 5.74) is 0. The number of carbonyl (C=O) groups is 2. The molecule has 1 saturated carbocycles. The van der Waals surface area contributed by atoms with E-state index in [2.05, 4.69) is 5.32 Å². The minimum atomic E-state index is -0.800. The second-order valence-electron chi connectivity index (χ2n) is 5.64. The first-order valence-corrected chi connectivity index (χ1v) is 6.83. The number of carboxylic acids is 1. The van der Waals surface area contributed by atoms with Gasteiger partial charge < -0.3 is 15.3 Å². The Kier molecular flexibility index (Phi) is 4.09. The Hall–Kier alpha value is -1.26. The van der Waals surface area contributed by atoms with E-state index in [1.807, 2.05) is 6.92 Å². The minimum absolute atomic E-state index is 0.0414. The van der Waals surface area contributed by atoms with Crippen LogP contribution in [-0.2, 0) is 4.79 Å². The fourth-order valence-corrected chi connectivity index (χ4v) is 2.56. The molecule has 5 heteroatoms. The van der Waals surface area contributed by atoms with E-state index in [4.69, 9.17) is 5.11 Å². The van der Waals surface area contributed by atoms with Crippen LogP contribution in [0.1, 0.15) is 32.6 Å². The molecule has 0 unspecified atom stereocenters. The second kappa shape index (κ2) is 5.59. The lowest BCUT2D eigenvalue weighted by atomic mass is 9.99. The molecule has 1 aliphatic carbocycles. The van der Waals surface area contributed by atoms with Crippen LogP contribution in [-0.4, -0.2) is 41.6 Å². The topological polar surface area (TPSA) is 69.6 Å². The molecule has 102 valence electrons. The van der Waals surface area contributed by atoms with Crippen LogP contribution in [0, 0.1) is 17.8 Å². The molecule has 1 saturated heterocycles. The molecule has 2 amide bonds. The Balaban J connectivity index is 1.67. The maximum atomic E-state index is 11.8. The molecule has 18 heavy (non-hydrogen) atoms. The van der Waals surface area contributed by atoms with Crippen molar-refractivity contribution in [2.45, 2.75) is 32.6 Å². The number of carboxylic acid groups (broad SMARTS) is 1. The first-order valence-electron chi connectivity index (χ1n) is 6.83. The quantitative estimate of drug-likeness (QED) is 0.731. The Labute approximate surface area is 108 Å². The molecule has 0 aromatic rings. The Bertz CT molecular complexity index is 328. The summed E-state index contributed by atoms with van der Waals surface area (Å²) in [6, 6.07) is -0.110. The van der Waals surface area contributed by atoms with Crippen LogP contribution in [0.2, 0.25) is 0 Å². The minimum Gasteiger partial charge on any atom is -0.481 e. The number of urea groups is 1. The van der Waals surface area contributed by atoms with Gasteiger partial charge in [0.05, 0.1) is 5.92 Å². The summed E-state index contributed by atoms with van der Waals surface area (Å²) in [4.78, 5) is 24.4. The number of likely N-dealkylation sites (tertiary alicyclic amines) is 1. The van der Waals surface area contributed by atoms with E-state index in [-0.39, 0.29) is 11.9 Å². The van der Waals surface area contributed by atoms with Gasteiger partial charge >= 0.3 is 12.0 Å². The zero-order chi connectivity index (χ0) is 13.1. The maximum absolute atomic E-state index is 11.8. The fourth-order valence-electron chi connectivity index (χ4n) is 2.56. The van der Waals surface area contributed by atoms with Gasteiger partial charge in [0.2, 0.25) is 0 Å². The van der Waals surface area contributed by atoms with E-state index in [1.165, 1.54) is 19.3 Å². The standard InChI is InChI=1S/C13H22N2O3/c1-9-7-15(8-11(9)12(16)17)13(18)14-6-2-3-10-4-5-10/h9-11H,2-8H2,1H3,(H,14,18)(H,16,17)/t9-,11-/m1/s1. The third-order valence-corrected chi connectivity index (χ3v) is 3.98. The molecule has 0 bridgehead atoms. The highest BCUT2D eigenvalue weighted by Gasteiger charge is 2.36. The number of rotatable bonds is 5. The molecule has 2 aliphatic rings. The molecule has 0 aromatic carbocycles. The summed E-state index contributed by atoms with van der Waals surface area (Å²) < 4.78 is 0. The average Bonchev–Trinajstić information content (AvgIpc) is 3.05. The number of amides is 2. The zero-order valence-corrected chi connectivity index (χ0v) is 10.9. The van der Waals surface area contributed by atoms with Crippen molar-refractivity contribution in [3.05, 3.63) is 0 Å². The molecule has 2 fully saturated rings. The SMILES string of the molecule is C[C@@H]1CN(C(=O)NCCCC2CC2)C[C@H]1C(=O)O. The van der Waals surface area contributed by atoms with Crippen LogP contribution >= 0.6 is 0 Å². The van der Waals surface area contributed by atoms with E-state index < -0.39 is 11.9 Å². The van der Waals surface area contributed by atoms with Gasteiger partial charge in [-0.25, -0.2) is 4.79 Å². The monoisotopic (exact) mass is 254 g/mol. The first-order chi connectivity index (χ1) is 8.58. The summed E-state index contributed by atoms with van der Waals surface area (Å²) in [5.74, 6) is -0.279. The van der Waals surface area contributed by atoms with Crippen molar-refractivity contribution in [1.82, 2.24) is 10.2 Å². The van der Waals surface area contributed by atoms with Gasteiger partial charge in [0.1, 0.15) is 0 Å². The van der Waals surface area contributed by atoms with Crippen LogP contribution < -0.4 is 5.32 Å². The largest absolute Gasteiger partial charge is 0.481 e.